The molecule has 5 atom stereocenters. The molecular weight excluding hydrogens is 425 g/mol. The highest BCUT2D eigenvalue weighted by Gasteiger charge is 2.45. The van der Waals surface area contributed by atoms with Crippen molar-refractivity contribution >= 4 is 5.71 Å². The number of allylic oxidation sites excluding steroid dienone is 8. The van der Waals surface area contributed by atoms with E-state index in [-0.39, 0.29) is 17.3 Å². The van der Waals surface area contributed by atoms with Crippen LogP contribution in [0.2, 0.25) is 0 Å². The van der Waals surface area contributed by atoms with E-state index in [9.17, 15) is 9.50 Å². The van der Waals surface area contributed by atoms with Gasteiger partial charge in [-0.1, -0.05) is 81.8 Å². The Morgan fingerprint density at radius 2 is 2.12 bits per heavy atom. The monoisotopic (exact) mass is 469 g/mol. The largest absolute Gasteiger partial charge is 0.399 e. The Hall–Kier alpha value is -1.94. The molecule has 0 aromatic heterocycles. The number of nitrogens with zero attached hydrogens (tertiary/aromatic N) is 1. The Morgan fingerprint density at radius 1 is 1.38 bits per heavy atom. The lowest BCUT2D eigenvalue weighted by Crippen LogP contribution is -2.32. The number of oxime groups is 1. The van der Waals surface area contributed by atoms with Crippen LogP contribution in [-0.4, -0.2) is 30.2 Å². The van der Waals surface area contributed by atoms with Crippen LogP contribution in [0.5, 0.6) is 0 Å². The van der Waals surface area contributed by atoms with Gasteiger partial charge in [-0.05, 0) is 73.0 Å². The summed E-state index contributed by atoms with van der Waals surface area (Å²) in [5, 5.41) is 14.2. The lowest BCUT2D eigenvalue weighted by Gasteiger charge is -2.42. The van der Waals surface area contributed by atoms with Crippen LogP contribution in [0.25, 0.3) is 0 Å². The number of aliphatic hydroxyl groups excluding tert-OH is 1. The topological polar surface area (TPSA) is 41.8 Å². The first-order valence-corrected chi connectivity index (χ1v) is 12.9. The van der Waals surface area contributed by atoms with Gasteiger partial charge in [0.05, 0.1) is 11.8 Å². The molecule has 0 saturated heterocycles. The van der Waals surface area contributed by atoms with Gasteiger partial charge in [0, 0.05) is 11.8 Å². The predicted octanol–water partition coefficient (Wildman–Crippen LogP) is 7.66. The average molecular weight is 470 g/mol. The van der Waals surface area contributed by atoms with Crippen LogP contribution in [-0.2, 0) is 4.84 Å². The maximum absolute atomic E-state index is 14.2. The van der Waals surface area contributed by atoms with Crippen molar-refractivity contribution in [2.24, 2.45) is 27.8 Å². The van der Waals surface area contributed by atoms with Crippen molar-refractivity contribution < 1.29 is 14.3 Å². The number of hydrogen-bond donors (Lipinski definition) is 1. The lowest BCUT2D eigenvalue weighted by atomic mass is 9.62. The van der Waals surface area contributed by atoms with E-state index in [0.29, 0.717) is 23.8 Å². The van der Waals surface area contributed by atoms with Crippen LogP contribution in [0.4, 0.5) is 4.39 Å². The number of aliphatic hydroxyl groups is 1. The highest BCUT2D eigenvalue weighted by atomic mass is 19.1. The molecule has 0 aliphatic heterocycles. The van der Waals surface area contributed by atoms with E-state index in [4.69, 9.17) is 4.84 Å². The molecule has 0 unspecified atom stereocenters. The van der Waals surface area contributed by atoms with Gasteiger partial charge < -0.3 is 9.94 Å². The molecule has 0 bridgehead atoms. The Balaban J connectivity index is 1.73. The van der Waals surface area contributed by atoms with Crippen molar-refractivity contribution in [1.29, 1.82) is 0 Å². The summed E-state index contributed by atoms with van der Waals surface area (Å²) >= 11 is 0. The lowest BCUT2D eigenvalue weighted by molar-refractivity contribution is 0.124. The van der Waals surface area contributed by atoms with Crippen LogP contribution in [0.15, 0.2) is 64.4 Å². The number of halogens is 1. The summed E-state index contributed by atoms with van der Waals surface area (Å²) < 4.78 is 14.2. The summed E-state index contributed by atoms with van der Waals surface area (Å²) in [4.78, 5) is 5.05. The molecule has 188 valence electrons. The van der Waals surface area contributed by atoms with E-state index >= 15 is 0 Å². The fourth-order valence-corrected chi connectivity index (χ4v) is 6.08. The van der Waals surface area contributed by atoms with Gasteiger partial charge in [0.25, 0.3) is 0 Å². The normalized spacial score (nSPS) is 34.0. The molecule has 34 heavy (non-hydrogen) atoms. The number of fused-ring (bicyclic) bond motifs is 1. The highest BCUT2D eigenvalue weighted by Crippen LogP contribution is 2.57. The minimum Gasteiger partial charge on any atom is -0.399 e. The molecule has 0 spiro atoms. The third kappa shape index (κ3) is 5.82. The standard InChI is InChI=1S/C30H44FNO2/c1-20(10-8-12-28(32-34-7)29(3,4)5)25-15-16-26-22(11-9-17-30(25,26)6)13-14-23-18-24(33)19-27(31)21(23)2/h8,12-15,20,24,26-27,33H,2,9-11,16-19H2,1,3-7H3/b12-8+,22-13+,23-14-,32-28?/t20-,24-,26+,27+,30-/m1/s1. The molecular formula is C30H44FNO2. The summed E-state index contributed by atoms with van der Waals surface area (Å²) in [5.74, 6) is 0.968. The van der Waals surface area contributed by atoms with Crippen LogP contribution in [0.1, 0.15) is 79.6 Å². The molecule has 0 aromatic carbocycles. The zero-order valence-electron chi connectivity index (χ0n) is 22.0. The minimum absolute atomic E-state index is 0.0567. The van der Waals surface area contributed by atoms with E-state index in [1.165, 1.54) is 18.4 Å². The van der Waals surface area contributed by atoms with Crippen LogP contribution >= 0.6 is 0 Å². The predicted molar refractivity (Wildman–Crippen MR) is 140 cm³/mol. The van der Waals surface area contributed by atoms with E-state index in [2.05, 4.69) is 70.7 Å². The number of hydrogen-bond acceptors (Lipinski definition) is 3. The quantitative estimate of drug-likeness (QED) is 0.246. The molecule has 3 rings (SSSR count). The molecule has 0 amide bonds. The Bertz CT molecular complexity index is 917. The Kier molecular flexibility index (Phi) is 8.44. The molecule has 4 heteroatoms. The fourth-order valence-electron chi connectivity index (χ4n) is 6.08. The third-order valence-corrected chi connectivity index (χ3v) is 8.09. The van der Waals surface area contributed by atoms with Crippen molar-refractivity contribution in [3.8, 4) is 0 Å². The average Bonchev–Trinajstić information content (AvgIpc) is 3.11. The molecule has 3 aliphatic rings. The van der Waals surface area contributed by atoms with Gasteiger partial charge in [-0.15, -0.1) is 0 Å². The van der Waals surface area contributed by atoms with Gasteiger partial charge >= 0.3 is 0 Å². The minimum atomic E-state index is -1.13. The first kappa shape index (κ1) is 26.7. The van der Waals surface area contributed by atoms with Crippen molar-refractivity contribution in [3.05, 3.63) is 59.3 Å². The molecule has 3 aliphatic carbocycles. The van der Waals surface area contributed by atoms with E-state index in [1.54, 1.807) is 12.7 Å². The summed E-state index contributed by atoms with van der Waals surface area (Å²) in [7, 11) is 1.60. The third-order valence-electron chi connectivity index (χ3n) is 8.09. The van der Waals surface area contributed by atoms with Crippen LogP contribution in [0, 0.1) is 22.7 Å². The Morgan fingerprint density at radius 3 is 2.79 bits per heavy atom. The fraction of sp³-hybridized carbons (Fsp3) is 0.633. The second-order valence-corrected chi connectivity index (χ2v) is 11.7. The number of alkyl halides is 1. The van der Waals surface area contributed by atoms with Gasteiger partial charge in [0.1, 0.15) is 13.3 Å². The smallest absolute Gasteiger partial charge is 0.127 e. The van der Waals surface area contributed by atoms with Crippen molar-refractivity contribution in [2.75, 3.05) is 7.11 Å². The zero-order valence-corrected chi connectivity index (χ0v) is 22.0. The Labute approximate surface area is 206 Å². The van der Waals surface area contributed by atoms with Gasteiger partial charge in [-0.3, -0.25) is 0 Å². The van der Waals surface area contributed by atoms with Gasteiger partial charge in [-0.2, -0.15) is 0 Å². The summed E-state index contributed by atoms with van der Waals surface area (Å²) in [6, 6.07) is 0. The van der Waals surface area contributed by atoms with E-state index in [0.717, 1.165) is 30.5 Å². The summed E-state index contributed by atoms with van der Waals surface area (Å²) in [6.45, 7) is 15.1. The molecule has 2 fully saturated rings. The molecule has 2 saturated carbocycles. The van der Waals surface area contributed by atoms with Gasteiger partial charge in [0.15, 0.2) is 0 Å². The first-order valence-electron chi connectivity index (χ1n) is 12.9. The SMILES string of the molecule is C=C1/C(=C\C=C2/CCC[C@]3(C)C([C@H](C)C/C=C/C(=NOC)C(C)(C)C)=CC[C@@H]23)C[C@@H](O)C[C@@H]1F. The highest BCUT2D eigenvalue weighted by molar-refractivity contribution is 5.98. The van der Waals surface area contributed by atoms with E-state index < -0.39 is 12.3 Å². The molecule has 0 radical (unpaired) electrons. The van der Waals surface area contributed by atoms with Crippen molar-refractivity contribution in [2.45, 2.75) is 91.8 Å². The van der Waals surface area contributed by atoms with Gasteiger partial charge in [-0.25, -0.2) is 4.39 Å². The van der Waals surface area contributed by atoms with Crippen LogP contribution < -0.4 is 0 Å². The maximum atomic E-state index is 14.2. The second-order valence-electron chi connectivity index (χ2n) is 11.7. The zero-order chi connectivity index (χ0) is 25.1. The number of rotatable bonds is 6. The van der Waals surface area contributed by atoms with E-state index in [1.807, 2.05) is 6.08 Å². The molecule has 3 nitrogen and oxygen atoms in total. The van der Waals surface area contributed by atoms with Crippen molar-refractivity contribution in [3.63, 3.8) is 0 Å². The summed E-state index contributed by atoms with van der Waals surface area (Å²) in [6.07, 6.45) is 15.5. The summed E-state index contributed by atoms with van der Waals surface area (Å²) in [5.41, 5.74) is 5.51. The molecule has 0 aromatic rings. The van der Waals surface area contributed by atoms with Crippen molar-refractivity contribution in [1.82, 2.24) is 0 Å². The second kappa shape index (κ2) is 10.8. The maximum Gasteiger partial charge on any atom is 0.127 e. The van der Waals surface area contributed by atoms with Crippen LogP contribution in [0.3, 0.4) is 0 Å². The molecule has 0 heterocycles. The first-order chi connectivity index (χ1) is 16.0. The van der Waals surface area contributed by atoms with Gasteiger partial charge in [0.2, 0.25) is 0 Å². The molecule has 1 N–H and O–H groups in total.